The van der Waals surface area contributed by atoms with Gasteiger partial charge in [0.2, 0.25) is 0 Å². The second-order valence-electron chi connectivity index (χ2n) is 6.67. The number of benzene rings is 2. The second-order valence-corrected chi connectivity index (χ2v) is 6.67. The van der Waals surface area contributed by atoms with Crippen LogP contribution in [0.3, 0.4) is 0 Å². The molecule has 0 fully saturated rings. The van der Waals surface area contributed by atoms with Crippen LogP contribution in [0.15, 0.2) is 24.3 Å². The summed E-state index contributed by atoms with van der Waals surface area (Å²) in [6.45, 7) is 3.09. The monoisotopic (exact) mass is 342 g/mol. The van der Waals surface area contributed by atoms with Crippen LogP contribution in [0, 0.1) is 0 Å². The first-order chi connectivity index (χ1) is 12.2. The minimum absolute atomic E-state index is 0.335. The van der Waals surface area contributed by atoms with E-state index in [1.54, 1.807) is 33.3 Å². The largest absolute Gasteiger partial charge is 0.493 e. The molecule has 4 rings (SSSR count). The molecule has 1 N–H and O–H groups in total. The fraction of sp³-hybridized carbons (Fsp3) is 0.400. The number of methoxy groups -OCH3 is 4. The van der Waals surface area contributed by atoms with E-state index in [1.165, 1.54) is 22.3 Å². The molecule has 132 valence electrons. The summed E-state index contributed by atoms with van der Waals surface area (Å²) in [5.74, 6) is 3.51. The topological polar surface area (TPSA) is 41.4 Å². The Morgan fingerprint density at radius 1 is 0.680 bits per heavy atom. The van der Waals surface area contributed by atoms with Crippen LogP contribution in [0.5, 0.6) is 23.0 Å². The van der Waals surface area contributed by atoms with E-state index < -0.39 is 0 Å². The highest BCUT2D eigenvalue weighted by molar-refractivity contribution is 5.55. The lowest BCUT2D eigenvalue weighted by Gasteiger charge is -2.38. The average Bonchev–Trinajstić information content (AvgIpc) is 2.65. The molecule has 0 saturated heterocycles. The van der Waals surface area contributed by atoms with Crippen molar-refractivity contribution in [3.8, 4) is 23.0 Å². The maximum Gasteiger partial charge on any atom is 0.161 e. The van der Waals surface area contributed by atoms with Crippen LogP contribution in [0.1, 0.15) is 28.2 Å². The quantitative estimate of drug-likeness (QED) is 0.919. The van der Waals surface area contributed by atoms with Crippen molar-refractivity contribution >= 4 is 0 Å². The Bertz CT molecular complexity index is 752. The van der Waals surface area contributed by atoms with Gasteiger partial charge >= 0.3 is 0 Å². The van der Waals surface area contributed by atoms with Crippen molar-refractivity contribution in [3.63, 3.8) is 0 Å². The summed E-state index contributed by atoms with van der Waals surface area (Å²) in [6, 6.07) is 8.54. The molecule has 2 heterocycles. The molecule has 0 amide bonds. The highest BCUT2D eigenvalue weighted by Crippen LogP contribution is 2.42. The average molecular weight is 342 g/mol. The first-order valence-corrected chi connectivity index (χ1v) is 8.51. The zero-order valence-corrected chi connectivity index (χ0v) is 15.1. The molecule has 5 heteroatoms. The number of ether oxygens (including phenoxy) is 4. The van der Waals surface area contributed by atoms with E-state index >= 15 is 0 Å². The molecule has 0 radical (unpaired) electrons. The summed E-state index contributed by atoms with van der Waals surface area (Å²) in [5.41, 5.74) is 5.33. The Morgan fingerprint density at radius 3 is 1.48 bits per heavy atom. The number of nitrogens with one attached hydrogen (secondary N) is 1. The zero-order chi connectivity index (χ0) is 17.6. The molecule has 0 aliphatic carbocycles. The third kappa shape index (κ3) is 2.50. The zero-order valence-electron chi connectivity index (χ0n) is 15.1. The standard InChI is InChI=1S/C20H23NO4/c1-22-17-5-12-9-21-10-13-6-18(23-2)20(25-4)8-15(13)16(11-21)14(12)7-19(17)24-3/h5-8,16H,9-11H2,1-4H3/p+1. The van der Waals surface area contributed by atoms with Crippen LogP contribution >= 0.6 is 0 Å². The molecule has 0 saturated carbocycles. The summed E-state index contributed by atoms with van der Waals surface area (Å²) in [6.07, 6.45) is 0. The van der Waals surface area contributed by atoms with Gasteiger partial charge in [-0.25, -0.2) is 0 Å². The van der Waals surface area contributed by atoms with E-state index in [-0.39, 0.29) is 0 Å². The third-order valence-electron chi connectivity index (χ3n) is 5.42. The van der Waals surface area contributed by atoms with Crippen LogP contribution < -0.4 is 23.8 Å². The van der Waals surface area contributed by atoms with Gasteiger partial charge in [-0.15, -0.1) is 0 Å². The van der Waals surface area contributed by atoms with Crippen molar-refractivity contribution in [3.05, 3.63) is 46.5 Å². The number of quaternary nitrogens is 1. The predicted molar refractivity (Wildman–Crippen MR) is 94.2 cm³/mol. The van der Waals surface area contributed by atoms with Crippen molar-refractivity contribution < 1.29 is 23.8 Å². The lowest BCUT2D eigenvalue weighted by Crippen LogP contribution is -3.11. The van der Waals surface area contributed by atoms with E-state index in [0.717, 1.165) is 42.6 Å². The molecular formula is C20H24NO4+. The van der Waals surface area contributed by atoms with Gasteiger partial charge in [0, 0.05) is 11.1 Å². The van der Waals surface area contributed by atoms with Crippen molar-refractivity contribution in [2.75, 3.05) is 35.0 Å². The van der Waals surface area contributed by atoms with Crippen LogP contribution in [0.2, 0.25) is 0 Å². The molecule has 5 nitrogen and oxygen atoms in total. The van der Waals surface area contributed by atoms with Crippen molar-refractivity contribution in [1.29, 1.82) is 0 Å². The Kier molecular flexibility index (Phi) is 3.96. The molecule has 25 heavy (non-hydrogen) atoms. The van der Waals surface area contributed by atoms with Gasteiger partial charge in [0.15, 0.2) is 23.0 Å². The molecular weight excluding hydrogens is 318 g/mol. The first-order valence-electron chi connectivity index (χ1n) is 8.51. The molecule has 0 unspecified atom stereocenters. The van der Waals surface area contributed by atoms with E-state index in [4.69, 9.17) is 18.9 Å². The van der Waals surface area contributed by atoms with E-state index in [2.05, 4.69) is 24.3 Å². The second kappa shape index (κ2) is 6.15. The van der Waals surface area contributed by atoms with Gasteiger partial charge in [-0.2, -0.15) is 0 Å². The van der Waals surface area contributed by atoms with Gasteiger partial charge in [-0.3, -0.25) is 0 Å². The van der Waals surface area contributed by atoms with Gasteiger partial charge in [0.1, 0.15) is 13.1 Å². The molecule has 2 aliphatic rings. The lowest BCUT2D eigenvalue weighted by atomic mass is 9.79. The smallest absolute Gasteiger partial charge is 0.161 e. The number of hydrogen-bond acceptors (Lipinski definition) is 4. The van der Waals surface area contributed by atoms with Crippen LogP contribution in [-0.2, 0) is 13.1 Å². The summed E-state index contributed by atoms with van der Waals surface area (Å²) < 4.78 is 22.0. The summed E-state index contributed by atoms with van der Waals surface area (Å²) in [5, 5.41) is 0. The summed E-state index contributed by atoms with van der Waals surface area (Å²) >= 11 is 0. The van der Waals surface area contributed by atoms with Crippen molar-refractivity contribution in [2.24, 2.45) is 0 Å². The molecule has 2 aliphatic heterocycles. The molecule has 0 spiro atoms. The SMILES string of the molecule is COc1cc2c(cc1OC)C1C[NH+](C2)Cc2cc(OC)c(OC)cc21. The van der Waals surface area contributed by atoms with Gasteiger partial charge in [-0.1, -0.05) is 0 Å². The molecule has 2 aromatic carbocycles. The maximum absolute atomic E-state index is 5.53. The van der Waals surface area contributed by atoms with E-state index in [9.17, 15) is 0 Å². The third-order valence-corrected chi connectivity index (χ3v) is 5.42. The van der Waals surface area contributed by atoms with Gasteiger partial charge in [0.25, 0.3) is 0 Å². The molecule has 0 aromatic heterocycles. The molecule has 2 aromatic rings. The van der Waals surface area contributed by atoms with Gasteiger partial charge < -0.3 is 23.8 Å². The molecule has 2 bridgehead atoms. The fourth-order valence-corrected chi connectivity index (χ4v) is 4.25. The van der Waals surface area contributed by atoms with Crippen LogP contribution in [-0.4, -0.2) is 35.0 Å². The van der Waals surface area contributed by atoms with Crippen LogP contribution in [0.4, 0.5) is 0 Å². The highest BCUT2D eigenvalue weighted by Gasteiger charge is 2.37. The minimum atomic E-state index is 0.335. The maximum atomic E-state index is 5.53. The Morgan fingerprint density at radius 2 is 1.08 bits per heavy atom. The minimum Gasteiger partial charge on any atom is -0.493 e. The predicted octanol–water partition coefficient (Wildman–Crippen LogP) is 1.76. The Balaban J connectivity index is 1.87. The normalized spacial score (nSPS) is 20.3. The summed E-state index contributed by atoms with van der Waals surface area (Å²) in [4.78, 5) is 1.56. The molecule has 0 atom stereocenters. The van der Waals surface area contributed by atoms with Crippen molar-refractivity contribution in [1.82, 2.24) is 0 Å². The van der Waals surface area contributed by atoms with E-state index in [0.29, 0.717) is 5.92 Å². The van der Waals surface area contributed by atoms with Gasteiger partial charge in [-0.05, 0) is 35.4 Å². The number of fused-ring (bicyclic) bond motifs is 6. The van der Waals surface area contributed by atoms with Crippen molar-refractivity contribution in [2.45, 2.75) is 19.0 Å². The fourth-order valence-electron chi connectivity index (χ4n) is 4.25. The first kappa shape index (κ1) is 16.1. The van der Waals surface area contributed by atoms with Gasteiger partial charge in [0.05, 0.1) is 40.9 Å². The lowest BCUT2D eigenvalue weighted by molar-refractivity contribution is -0.933. The number of rotatable bonds is 4. The Labute approximate surface area is 148 Å². The number of hydrogen-bond donors (Lipinski definition) is 1. The van der Waals surface area contributed by atoms with E-state index in [1.807, 2.05) is 0 Å². The van der Waals surface area contributed by atoms with Crippen LogP contribution in [0.25, 0.3) is 0 Å². The highest BCUT2D eigenvalue weighted by atomic mass is 16.5. The Hall–Kier alpha value is -2.40. The summed E-state index contributed by atoms with van der Waals surface area (Å²) in [7, 11) is 6.75.